The summed E-state index contributed by atoms with van der Waals surface area (Å²) in [5.41, 5.74) is 3.90. The van der Waals surface area contributed by atoms with E-state index in [-0.39, 0.29) is 11.6 Å². The number of aryl methyl sites for hydroxylation is 2. The van der Waals surface area contributed by atoms with Gasteiger partial charge in [-0.15, -0.1) is 5.10 Å². The molecule has 2 N–H and O–H groups in total. The molecule has 0 spiro atoms. The van der Waals surface area contributed by atoms with Crippen LogP contribution < -0.4 is 10.5 Å². The van der Waals surface area contributed by atoms with Gasteiger partial charge in [-0.25, -0.2) is 4.68 Å². The number of aromatic amines is 1. The van der Waals surface area contributed by atoms with E-state index < -0.39 is 0 Å². The fourth-order valence-corrected chi connectivity index (χ4v) is 5.09. The lowest BCUT2D eigenvalue weighted by atomic mass is 9.95. The Balaban J connectivity index is 1.88. The van der Waals surface area contributed by atoms with E-state index in [1.165, 1.54) is 29.7 Å². The molecule has 3 aromatic rings. The van der Waals surface area contributed by atoms with Gasteiger partial charge in [0.05, 0.1) is 30.2 Å². The molecule has 1 aliphatic rings. The van der Waals surface area contributed by atoms with Crippen LogP contribution in [0.15, 0.2) is 23.0 Å². The van der Waals surface area contributed by atoms with Gasteiger partial charge in [0.15, 0.2) is 6.04 Å². The lowest BCUT2D eigenvalue weighted by Gasteiger charge is -2.28. The molecule has 1 saturated carbocycles. The van der Waals surface area contributed by atoms with Gasteiger partial charge in [-0.05, 0) is 74.0 Å². The molecule has 1 atom stereocenters. The lowest BCUT2D eigenvalue weighted by molar-refractivity contribution is -0.923. The molecular formula is C23H33N6O+. The highest BCUT2D eigenvalue weighted by molar-refractivity contribution is 5.83. The van der Waals surface area contributed by atoms with Gasteiger partial charge in [-0.1, -0.05) is 30.9 Å². The van der Waals surface area contributed by atoms with Crippen molar-refractivity contribution in [1.82, 2.24) is 25.2 Å². The number of nitrogens with zero attached hydrogens (tertiary/aromatic N) is 4. The van der Waals surface area contributed by atoms with Crippen LogP contribution in [-0.2, 0) is 0 Å². The van der Waals surface area contributed by atoms with E-state index in [1.807, 2.05) is 11.6 Å². The number of nitrogens with one attached hydrogen (secondary N) is 2. The number of hydrogen-bond donors (Lipinski definition) is 2. The van der Waals surface area contributed by atoms with Crippen LogP contribution in [0.5, 0.6) is 0 Å². The second-order valence-corrected chi connectivity index (χ2v) is 8.67. The zero-order valence-electron chi connectivity index (χ0n) is 18.5. The van der Waals surface area contributed by atoms with Crippen LogP contribution in [0.25, 0.3) is 10.9 Å². The molecule has 30 heavy (non-hydrogen) atoms. The Morgan fingerprint density at radius 1 is 1.13 bits per heavy atom. The monoisotopic (exact) mass is 409 g/mol. The van der Waals surface area contributed by atoms with Crippen molar-refractivity contribution < 1.29 is 4.90 Å². The Labute approximate surface area is 177 Å². The number of fused-ring (bicyclic) bond motifs is 1. The average molecular weight is 410 g/mol. The van der Waals surface area contributed by atoms with Crippen molar-refractivity contribution in [1.29, 1.82) is 0 Å². The molecule has 7 heteroatoms. The summed E-state index contributed by atoms with van der Waals surface area (Å²) in [6.45, 7) is 10.2. The molecule has 2 heterocycles. The topological polar surface area (TPSA) is 80.9 Å². The van der Waals surface area contributed by atoms with Gasteiger partial charge >= 0.3 is 0 Å². The van der Waals surface area contributed by atoms with Crippen LogP contribution in [0.4, 0.5) is 0 Å². The van der Waals surface area contributed by atoms with Crippen LogP contribution in [0.2, 0.25) is 0 Å². The molecule has 4 rings (SSSR count). The Morgan fingerprint density at radius 3 is 2.57 bits per heavy atom. The largest absolute Gasteiger partial charge is 0.323 e. The Morgan fingerprint density at radius 2 is 1.87 bits per heavy atom. The Hall–Kier alpha value is -2.54. The summed E-state index contributed by atoms with van der Waals surface area (Å²) in [6.07, 6.45) is 5.90. The van der Waals surface area contributed by atoms with E-state index in [0.717, 1.165) is 53.8 Å². The second-order valence-electron chi connectivity index (χ2n) is 8.67. The van der Waals surface area contributed by atoms with Gasteiger partial charge in [0.2, 0.25) is 5.82 Å². The van der Waals surface area contributed by atoms with E-state index in [0.29, 0.717) is 6.04 Å². The number of H-pyrrole nitrogens is 1. The maximum atomic E-state index is 13.3. The number of aromatic nitrogens is 5. The summed E-state index contributed by atoms with van der Waals surface area (Å²) in [5.74, 6) is 0.815. The third-order valence-electron chi connectivity index (χ3n) is 6.65. The van der Waals surface area contributed by atoms with Crippen LogP contribution in [0, 0.1) is 13.8 Å². The van der Waals surface area contributed by atoms with Gasteiger partial charge < -0.3 is 9.88 Å². The fourth-order valence-electron chi connectivity index (χ4n) is 5.09. The molecule has 0 saturated heterocycles. The lowest BCUT2D eigenvalue weighted by Crippen LogP contribution is -3.12. The average Bonchev–Trinajstić information content (AvgIpc) is 3.22. The molecule has 0 aliphatic heterocycles. The minimum atomic E-state index is -0.189. The van der Waals surface area contributed by atoms with Crippen molar-refractivity contribution in [3.8, 4) is 0 Å². The first-order chi connectivity index (χ1) is 14.5. The predicted molar refractivity (Wildman–Crippen MR) is 118 cm³/mol. The van der Waals surface area contributed by atoms with Crippen molar-refractivity contribution in [2.45, 2.75) is 71.9 Å². The molecule has 0 amide bonds. The van der Waals surface area contributed by atoms with Crippen molar-refractivity contribution in [3.05, 3.63) is 51.1 Å². The summed E-state index contributed by atoms with van der Waals surface area (Å²) < 4.78 is 2.01. The number of tetrazole rings is 1. The van der Waals surface area contributed by atoms with Crippen LogP contribution in [0.3, 0.4) is 0 Å². The fraction of sp³-hybridized carbons (Fsp3) is 0.565. The maximum Gasteiger partial charge on any atom is 0.258 e. The highest BCUT2D eigenvalue weighted by Gasteiger charge is 2.34. The minimum absolute atomic E-state index is 0.0444. The number of rotatable bonds is 6. The van der Waals surface area contributed by atoms with Crippen molar-refractivity contribution in [2.24, 2.45) is 0 Å². The molecule has 1 aromatic carbocycles. The summed E-state index contributed by atoms with van der Waals surface area (Å²) in [7, 11) is 0. The number of pyridine rings is 1. The Kier molecular flexibility index (Phi) is 5.99. The zero-order chi connectivity index (χ0) is 21.3. The summed E-state index contributed by atoms with van der Waals surface area (Å²) in [5, 5.41) is 14.0. The van der Waals surface area contributed by atoms with Crippen LogP contribution >= 0.6 is 0 Å². The van der Waals surface area contributed by atoms with Gasteiger partial charge in [0, 0.05) is 0 Å². The zero-order valence-corrected chi connectivity index (χ0v) is 18.5. The smallest absolute Gasteiger partial charge is 0.258 e. The van der Waals surface area contributed by atoms with E-state index in [4.69, 9.17) is 0 Å². The van der Waals surface area contributed by atoms with Gasteiger partial charge in [0.25, 0.3) is 5.56 Å². The highest BCUT2D eigenvalue weighted by Crippen LogP contribution is 2.30. The highest BCUT2D eigenvalue weighted by atomic mass is 16.1. The van der Waals surface area contributed by atoms with E-state index in [1.54, 1.807) is 0 Å². The van der Waals surface area contributed by atoms with E-state index in [9.17, 15) is 4.79 Å². The molecular weight excluding hydrogens is 376 g/mol. The van der Waals surface area contributed by atoms with Gasteiger partial charge in [-0.2, -0.15) is 0 Å². The molecule has 7 nitrogen and oxygen atoms in total. The summed E-state index contributed by atoms with van der Waals surface area (Å²) in [6, 6.07) is 6.44. The molecule has 2 aromatic heterocycles. The second kappa shape index (κ2) is 8.68. The number of benzene rings is 1. The number of quaternary nitrogens is 1. The van der Waals surface area contributed by atoms with Gasteiger partial charge in [-0.3, -0.25) is 4.79 Å². The third-order valence-corrected chi connectivity index (χ3v) is 6.65. The molecule has 0 radical (unpaired) electrons. The van der Waals surface area contributed by atoms with E-state index in [2.05, 4.69) is 59.5 Å². The molecule has 160 valence electrons. The Bertz CT molecular complexity index is 1070. The van der Waals surface area contributed by atoms with Crippen LogP contribution in [0.1, 0.15) is 80.6 Å². The van der Waals surface area contributed by atoms with Crippen LogP contribution in [-0.4, -0.2) is 38.3 Å². The first-order valence-corrected chi connectivity index (χ1v) is 11.3. The normalized spacial score (nSPS) is 16.4. The van der Waals surface area contributed by atoms with Crippen molar-refractivity contribution in [3.63, 3.8) is 0 Å². The molecule has 0 unspecified atom stereocenters. The SMILES string of the molecule is CC[NH+](CC)[C@H](c1cc2cc(C)cc(C)c2[nH]c1=O)c1nnnn1C1CCCCC1. The first-order valence-electron chi connectivity index (χ1n) is 11.3. The maximum absolute atomic E-state index is 13.3. The quantitative estimate of drug-likeness (QED) is 0.656. The van der Waals surface area contributed by atoms with E-state index >= 15 is 0 Å². The summed E-state index contributed by atoms with van der Waals surface area (Å²) in [4.78, 5) is 17.7. The third kappa shape index (κ3) is 3.78. The minimum Gasteiger partial charge on any atom is -0.323 e. The van der Waals surface area contributed by atoms with Crippen molar-refractivity contribution >= 4 is 10.9 Å². The molecule has 0 bridgehead atoms. The summed E-state index contributed by atoms with van der Waals surface area (Å²) >= 11 is 0. The predicted octanol–water partition coefficient (Wildman–Crippen LogP) is 2.65. The molecule has 1 fully saturated rings. The van der Waals surface area contributed by atoms with Crippen molar-refractivity contribution in [2.75, 3.05) is 13.1 Å². The molecule has 1 aliphatic carbocycles. The van der Waals surface area contributed by atoms with Gasteiger partial charge in [0.1, 0.15) is 0 Å². The standard InChI is InChI=1S/C23H32N6O/c1-5-28(6-2)21(22-25-26-27-29(22)18-10-8-7-9-11-18)19-14-17-13-15(3)12-16(4)20(17)24-23(19)30/h12-14,18,21H,5-11H2,1-4H3,(H,24,30)/p+1/t21-/m1/s1. The number of hydrogen-bond acceptors (Lipinski definition) is 4. The first kappa shape index (κ1) is 20.7.